The molecule has 0 spiro atoms. The Balaban J connectivity index is 4.64. The number of alkyl halides is 1. The zero-order chi connectivity index (χ0) is 14.2. The minimum Gasteiger partial charge on any atom is -0.324 e. The van der Waals surface area contributed by atoms with Crippen molar-refractivity contribution in [3.8, 4) is 0 Å². The Kier molecular flexibility index (Phi) is 9.94. The SMILES string of the molecule is CCCC[N+](CC)(CCC)CC(C)[C@@H](I)C(C)C. The number of halogens is 1. The first-order valence-corrected chi connectivity index (χ1v) is 9.16. The minimum atomic E-state index is 0.798. The third-order valence-corrected chi connectivity index (χ3v) is 6.88. The van der Waals surface area contributed by atoms with Crippen LogP contribution in [0.5, 0.6) is 0 Å². The van der Waals surface area contributed by atoms with Crippen molar-refractivity contribution in [2.24, 2.45) is 11.8 Å². The maximum absolute atomic E-state index is 2.67. The second-order valence-corrected chi connectivity index (χ2v) is 7.75. The predicted molar refractivity (Wildman–Crippen MR) is 92.4 cm³/mol. The Hall–Kier alpha value is 0.690. The van der Waals surface area contributed by atoms with E-state index in [2.05, 4.69) is 64.1 Å². The van der Waals surface area contributed by atoms with Crippen LogP contribution in [-0.2, 0) is 0 Å². The number of quaternary nitrogens is 1. The number of rotatable bonds is 10. The summed E-state index contributed by atoms with van der Waals surface area (Å²) in [5.74, 6) is 1.63. The van der Waals surface area contributed by atoms with E-state index in [4.69, 9.17) is 0 Å². The summed E-state index contributed by atoms with van der Waals surface area (Å²) in [5, 5.41) is 0. The van der Waals surface area contributed by atoms with E-state index < -0.39 is 0 Å². The molecule has 0 aliphatic carbocycles. The quantitative estimate of drug-likeness (QED) is 0.285. The highest BCUT2D eigenvalue weighted by Gasteiger charge is 2.30. The van der Waals surface area contributed by atoms with Crippen molar-refractivity contribution in [1.82, 2.24) is 0 Å². The Morgan fingerprint density at radius 1 is 0.944 bits per heavy atom. The summed E-state index contributed by atoms with van der Waals surface area (Å²) in [4.78, 5) is 0. The van der Waals surface area contributed by atoms with Gasteiger partial charge in [0.2, 0.25) is 0 Å². The molecule has 0 saturated heterocycles. The van der Waals surface area contributed by atoms with Crippen molar-refractivity contribution in [2.45, 2.75) is 64.7 Å². The van der Waals surface area contributed by atoms with Gasteiger partial charge in [0.05, 0.1) is 26.2 Å². The molecule has 18 heavy (non-hydrogen) atoms. The fourth-order valence-corrected chi connectivity index (χ4v) is 3.30. The van der Waals surface area contributed by atoms with E-state index in [0.29, 0.717) is 0 Å². The first-order valence-electron chi connectivity index (χ1n) is 7.91. The number of nitrogens with zero attached hydrogens (tertiary/aromatic N) is 1. The summed E-state index contributed by atoms with van der Waals surface area (Å²) >= 11 is 2.67. The molecule has 0 aromatic rings. The van der Waals surface area contributed by atoms with Gasteiger partial charge < -0.3 is 4.48 Å². The molecular weight excluding hydrogens is 333 g/mol. The predicted octanol–water partition coefficient (Wildman–Crippen LogP) is 5.13. The van der Waals surface area contributed by atoms with Gasteiger partial charge in [0, 0.05) is 9.84 Å². The van der Waals surface area contributed by atoms with Gasteiger partial charge in [-0.3, -0.25) is 0 Å². The third kappa shape index (κ3) is 6.23. The van der Waals surface area contributed by atoms with Crippen LogP contribution in [0.2, 0.25) is 0 Å². The van der Waals surface area contributed by atoms with Crippen molar-refractivity contribution in [3.63, 3.8) is 0 Å². The molecule has 2 unspecified atom stereocenters. The molecule has 0 aromatic heterocycles. The largest absolute Gasteiger partial charge is 0.324 e. The molecule has 0 rings (SSSR count). The van der Waals surface area contributed by atoms with Gasteiger partial charge >= 0.3 is 0 Å². The summed E-state index contributed by atoms with van der Waals surface area (Å²) in [5.41, 5.74) is 0. The van der Waals surface area contributed by atoms with E-state index in [0.717, 1.165) is 15.8 Å². The molecule has 0 fully saturated rings. The van der Waals surface area contributed by atoms with Crippen LogP contribution in [0.4, 0.5) is 0 Å². The molecule has 3 atom stereocenters. The second-order valence-electron chi connectivity index (χ2n) is 6.31. The lowest BCUT2D eigenvalue weighted by atomic mass is 9.97. The van der Waals surface area contributed by atoms with Gasteiger partial charge in [-0.1, -0.05) is 63.6 Å². The van der Waals surface area contributed by atoms with Gasteiger partial charge in [0.25, 0.3) is 0 Å². The van der Waals surface area contributed by atoms with Crippen molar-refractivity contribution in [2.75, 3.05) is 26.2 Å². The number of hydrogen-bond donors (Lipinski definition) is 0. The number of hydrogen-bond acceptors (Lipinski definition) is 0. The molecule has 0 heterocycles. The topological polar surface area (TPSA) is 0 Å². The van der Waals surface area contributed by atoms with Gasteiger partial charge in [-0.15, -0.1) is 0 Å². The Morgan fingerprint density at radius 3 is 1.94 bits per heavy atom. The van der Waals surface area contributed by atoms with Gasteiger partial charge in [-0.2, -0.15) is 0 Å². The normalized spacial score (nSPS) is 18.7. The van der Waals surface area contributed by atoms with Crippen LogP contribution in [0.1, 0.15) is 60.8 Å². The van der Waals surface area contributed by atoms with Crippen LogP contribution in [0, 0.1) is 11.8 Å². The van der Waals surface area contributed by atoms with E-state index >= 15 is 0 Å². The monoisotopic (exact) mass is 368 g/mol. The zero-order valence-corrected chi connectivity index (χ0v) is 15.7. The Morgan fingerprint density at radius 2 is 1.56 bits per heavy atom. The van der Waals surface area contributed by atoms with Crippen molar-refractivity contribution in [3.05, 3.63) is 0 Å². The molecule has 0 radical (unpaired) electrons. The molecule has 0 aliphatic rings. The molecule has 110 valence electrons. The zero-order valence-electron chi connectivity index (χ0n) is 13.5. The maximum atomic E-state index is 2.67. The van der Waals surface area contributed by atoms with E-state index in [-0.39, 0.29) is 0 Å². The lowest BCUT2D eigenvalue weighted by Gasteiger charge is -2.41. The van der Waals surface area contributed by atoms with E-state index in [1.54, 1.807) is 0 Å². The Bertz CT molecular complexity index is 205. The summed E-state index contributed by atoms with van der Waals surface area (Å²) in [7, 11) is 0. The van der Waals surface area contributed by atoms with Crippen LogP contribution >= 0.6 is 22.6 Å². The van der Waals surface area contributed by atoms with Gasteiger partial charge in [-0.05, 0) is 25.7 Å². The molecular formula is C16H35IN+. The lowest BCUT2D eigenvalue weighted by Crippen LogP contribution is -2.52. The fourth-order valence-electron chi connectivity index (χ4n) is 3.08. The van der Waals surface area contributed by atoms with Crippen molar-refractivity contribution >= 4 is 22.6 Å². The fraction of sp³-hybridized carbons (Fsp3) is 1.00. The standard InChI is InChI=1S/C16H35IN/c1-7-10-12-18(9-3,11-8-2)13-15(6)16(17)14(4)5/h14-16H,7-13H2,1-6H3/q+1/t15?,16-,18?/m0/s1. The highest BCUT2D eigenvalue weighted by molar-refractivity contribution is 14.1. The van der Waals surface area contributed by atoms with E-state index in [1.165, 1.54) is 49.9 Å². The van der Waals surface area contributed by atoms with Gasteiger partial charge in [0.1, 0.15) is 0 Å². The molecule has 1 nitrogen and oxygen atoms in total. The first kappa shape index (κ1) is 18.7. The second kappa shape index (κ2) is 9.57. The summed E-state index contributed by atoms with van der Waals surface area (Å²) in [6.07, 6.45) is 4.03. The highest BCUT2D eigenvalue weighted by Crippen LogP contribution is 2.25. The molecule has 0 bridgehead atoms. The molecule has 0 N–H and O–H groups in total. The van der Waals surface area contributed by atoms with Crippen LogP contribution < -0.4 is 0 Å². The summed E-state index contributed by atoms with van der Waals surface area (Å²) in [6.45, 7) is 19.6. The third-order valence-electron chi connectivity index (χ3n) is 4.21. The van der Waals surface area contributed by atoms with Crippen molar-refractivity contribution in [1.29, 1.82) is 0 Å². The lowest BCUT2D eigenvalue weighted by molar-refractivity contribution is -0.929. The smallest absolute Gasteiger partial charge is 0.0822 e. The molecule has 0 aromatic carbocycles. The maximum Gasteiger partial charge on any atom is 0.0822 e. The van der Waals surface area contributed by atoms with Crippen LogP contribution in [0.15, 0.2) is 0 Å². The average molecular weight is 368 g/mol. The Labute approximate surface area is 129 Å². The van der Waals surface area contributed by atoms with Gasteiger partial charge in [-0.25, -0.2) is 0 Å². The van der Waals surface area contributed by atoms with Crippen molar-refractivity contribution < 1.29 is 4.48 Å². The van der Waals surface area contributed by atoms with E-state index in [1.807, 2.05) is 0 Å². The van der Waals surface area contributed by atoms with Crippen LogP contribution in [0.25, 0.3) is 0 Å². The van der Waals surface area contributed by atoms with Crippen LogP contribution in [-0.4, -0.2) is 34.6 Å². The van der Waals surface area contributed by atoms with E-state index in [9.17, 15) is 0 Å². The van der Waals surface area contributed by atoms with Gasteiger partial charge in [0.15, 0.2) is 0 Å². The average Bonchev–Trinajstić information content (AvgIpc) is 2.34. The molecule has 2 heteroatoms. The molecule has 0 aliphatic heterocycles. The summed E-state index contributed by atoms with van der Waals surface area (Å²) < 4.78 is 2.16. The molecule has 0 amide bonds. The number of unbranched alkanes of at least 4 members (excludes halogenated alkanes) is 1. The molecule has 0 saturated carbocycles. The van der Waals surface area contributed by atoms with Crippen LogP contribution in [0.3, 0.4) is 0 Å². The highest BCUT2D eigenvalue weighted by atomic mass is 127. The minimum absolute atomic E-state index is 0.798. The summed E-state index contributed by atoms with van der Waals surface area (Å²) in [6, 6.07) is 0. The first-order chi connectivity index (χ1) is 8.42.